The van der Waals surface area contributed by atoms with Gasteiger partial charge in [0.2, 0.25) is 0 Å². The summed E-state index contributed by atoms with van der Waals surface area (Å²) in [5, 5.41) is 33.7. The Morgan fingerprint density at radius 1 is 0.167 bits per heavy atom. The van der Waals surface area contributed by atoms with Crippen molar-refractivity contribution < 1.29 is 8.83 Å². The van der Waals surface area contributed by atoms with Crippen molar-refractivity contribution in [2.75, 3.05) is 0 Å². The summed E-state index contributed by atoms with van der Waals surface area (Å²) in [6.07, 6.45) is 0. The SMILES string of the molecule is CC1(C)c2ccccc2-c2ccc(-c3ccc4cc5c6c7c(cc8c9cc%10ccc(-c%11ccc%12c(c%11)C(C)(C)c%11ccc(-c%13cc%14oc%15cc%16ccccc%16cc%15c%14cc%13-c%13ccc%14cc%15c%16c%17c(cc%18c%19cc%20ccc(-c%21ccc%22oc%23cc%24ccccc%24cc%23c%22c%21)cc%20cc%19n(c%15cc%14c%13)c%18%16)c%13ccccc%13n%17-c%13ccccc%13)cc%11-%12)cc%10cc9n(c5cc4c3)c86)c3ccccc3n7-c3ccccc3)cc21. The maximum Gasteiger partial charge on any atom is 0.136 e. The molecule has 32 aromatic rings. The highest BCUT2D eigenvalue weighted by Crippen LogP contribution is 2.57. The van der Waals surface area contributed by atoms with E-state index < -0.39 is 0 Å². The quantitative estimate of drug-likeness (QED) is 0.160. The fourth-order valence-corrected chi connectivity index (χ4v) is 27.1. The Labute approximate surface area is 823 Å². The van der Waals surface area contributed by atoms with Gasteiger partial charge < -0.3 is 26.8 Å². The molecule has 0 saturated heterocycles. The van der Waals surface area contributed by atoms with Gasteiger partial charge in [-0.2, -0.15) is 0 Å². The lowest BCUT2D eigenvalue weighted by Gasteiger charge is -2.22. The van der Waals surface area contributed by atoms with Crippen LogP contribution in [-0.4, -0.2) is 17.9 Å². The van der Waals surface area contributed by atoms with Crippen molar-refractivity contribution in [2.24, 2.45) is 0 Å². The Morgan fingerprint density at radius 2 is 0.507 bits per heavy atom. The number of hydrogen-bond donors (Lipinski definition) is 0. The van der Waals surface area contributed by atoms with Crippen molar-refractivity contribution >= 4 is 228 Å². The molecule has 8 aromatic heterocycles. The van der Waals surface area contributed by atoms with Gasteiger partial charge in [-0.3, -0.25) is 0 Å². The van der Waals surface area contributed by atoms with Gasteiger partial charge in [0.1, 0.15) is 22.3 Å². The monoisotopic (exact) mass is 1830 g/mol. The lowest BCUT2D eigenvalue weighted by molar-refractivity contribution is 0.660. The van der Waals surface area contributed by atoms with E-state index in [9.17, 15) is 0 Å². The lowest BCUT2D eigenvalue weighted by Crippen LogP contribution is -2.15. The zero-order chi connectivity index (χ0) is 94.0. The van der Waals surface area contributed by atoms with Gasteiger partial charge in [0, 0.05) is 108 Å². The number of furan rings is 2. The van der Waals surface area contributed by atoms with Crippen LogP contribution in [0.15, 0.2) is 433 Å². The van der Waals surface area contributed by atoms with Crippen LogP contribution in [0.2, 0.25) is 0 Å². The molecular formula is C138H82N4O2. The Bertz CT molecular complexity index is 11500. The number of benzene rings is 24. The number of fused-ring (bicyclic) bond motifs is 38. The smallest absolute Gasteiger partial charge is 0.136 e. The first kappa shape index (κ1) is 77.6. The molecule has 2 aliphatic carbocycles. The van der Waals surface area contributed by atoms with Crippen LogP contribution in [0.25, 0.3) is 318 Å². The van der Waals surface area contributed by atoms with E-state index in [0.717, 1.165) is 99.4 Å². The summed E-state index contributed by atoms with van der Waals surface area (Å²) in [4.78, 5) is 0. The molecule has 0 atom stereocenters. The van der Waals surface area contributed by atoms with Gasteiger partial charge in [-0.05, 0) is 353 Å². The van der Waals surface area contributed by atoms with Crippen molar-refractivity contribution in [2.45, 2.75) is 38.5 Å². The maximum atomic E-state index is 7.11. The molecule has 0 fully saturated rings. The van der Waals surface area contributed by atoms with Crippen LogP contribution in [0, 0.1) is 0 Å². The molecule has 666 valence electrons. The van der Waals surface area contributed by atoms with E-state index in [1.165, 1.54) is 240 Å². The standard InChI is InChI=1S/C138H82N4O2/c1-137(2)117-32-18-15-29-97(117)98-47-43-87(63-119(98)137)81-37-40-85-60-115-125(67-93(85)53-81)141-124-66-92-52-80(36-39-84(92)56-106(124)113-72-111-100-30-16-19-33-121(100)139(95-25-7-5-8-26-95)133(111)131(115)135(113)141)88-44-48-99-104-62-90(45-49-118(104)138(3,4)120(99)64-88)103-74-130-110(109-58-76-22-12-14-24-78(76)70-129(109)144-130)71-102(103)89-42-41-86-61-116-126(68-94(86)54-89)142-123-65-91-51-79(82-46-50-127-107(59-82)108-57-75-21-11-13-23-77(75)69-128(108)143-127)35-38-83(91)55-105(123)114-73-112-101-31-17-20-34-122(101)140(96-27-9-6-10-28-96)134(112)132(116)136(114)142/h5-74H,1-4H3. The van der Waals surface area contributed by atoms with Crippen LogP contribution in [0.3, 0.4) is 0 Å². The summed E-state index contributed by atoms with van der Waals surface area (Å²) in [6.45, 7) is 9.61. The lowest BCUT2D eigenvalue weighted by atomic mass is 9.81. The number of nitrogens with zero attached hydrogens (tertiary/aromatic N) is 4. The van der Waals surface area contributed by atoms with Gasteiger partial charge in [-0.15, -0.1) is 0 Å². The first-order chi connectivity index (χ1) is 70.8. The molecule has 8 heterocycles. The van der Waals surface area contributed by atoms with Gasteiger partial charge in [-0.25, -0.2) is 0 Å². The van der Waals surface area contributed by atoms with Gasteiger partial charge in [0.25, 0.3) is 0 Å². The zero-order valence-electron chi connectivity index (χ0n) is 79.0. The van der Waals surface area contributed by atoms with E-state index in [0.29, 0.717) is 0 Å². The van der Waals surface area contributed by atoms with E-state index in [1.54, 1.807) is 0 Å². The van der Waals surface area contributed by atoms with Gasteiger partial charge in [-0.1, -0.05) is 264 Å². The normalized spacial score (nSPS) is 13.7. The first-order valence-corrected chi connectivity index (χ1v) is 50.3. The van der Waals surface area contributed by atoms with E-state index in [2.05, 4.69) is 470 Å². The third-order valence-corrected chi connectivity index (χ3v) is 33.9. The number of hydrogen-bond acceptors (Lipinski definition) is 2. The first-order valence-electron chi connectivity index (χ1n) is 50.3. The second-order valence-electron chi connectivity index (χ2n) is 42.1. The fraction of sp³-hybridized carbons (Fsp3) is 0.0435. The summed E-state index contributed by atoms with van der Waals surface area (Å²) < 4.78 is 23.9. The van der Waals surface area contributed by atoms with Crippen LogP contribution in [0.4, 0.5) is 0 Å². The number of para-hydroxylation sites is 4. The molecule has 34 rings (SSSR count). The summed E-state index contributed by atoms with van der Waals surface area (Å²) >= 11 is 0. The summed E-state index contributed by atoms with van der Waals surface area (Å²) in [5.41, 5.74) is 39.8. The average molecular weight is 1830 g/mol. The number of aromatic nitrogens is 4. The predicted molar refractivity (Wildman–Crippen MR) is 606 cm³/mol. The van der Waals surface area contributed by atoms with Crippen LogP contribution in [0.5, 0.6) is 0 Å². The van der Waals surface area contributed by atoms with Gasteiger partial charge in [0.15, 0.2) is 0 Å². The minimum atomic E-state index is -0.318. The summed E-state index contributed by atoms with van der Waals surface area (Å²) in [5.74, 6) is 0. The Hall–Kier alpha value is -18.4. The van der Waals surface area contributed by atoms with Crippen molar-refractivity contribution in [3.63, 3.8) is 0 Å². The molecular weight excluding hydrogens is 1750 g/mol. The van der Waals surface area contributed by atoms with Crippen molar-refractivity contribution in [1.29, 1.82) is 0 Å². The van der Waals surface area contributed by atoms with Gasteiger partial charge in [0.05, 0.1) is 55.2 Å². The molecule has 24 aromatic carbocycles. The van der Waals surface area contributed by atoms with E-state index >= 15 is 0 Å². The second-order valence-corrected chi connectivity index (χ2v) is 42.1. The molecule has 0 radical (unpaired) electrons. The fourth-order valence-electron chi connectivity index (χ4n) is 27.1. The highest BCUT2D eigenvalue weighted by Gasteiger charge is 2.39. The van der Waals surface area contributed by atoms with E-state index in [-0.39, 0.29) is 10.8 Å². The number of rotatable bonds is 7. The Morgan fingerprint density at radius 3 is 1.03 bits per heavy atom. The molecule has 0 spiro atoms. The summed E-state index contributed by atoms with van der Waals surface area (Å²) in [7, 11) is 0. The molecule has 0 saturated carbocycles. The molecule has 6 nitrogen and oxygen atoms in total. The van der Waals surface area contributed by atoms with Crippen LogP contribution >= 0.6 is 0 Å². The van der Waals surface area contributed by atoms with Crippen molar-refractivity contribution in [3.05, 3.63) is 447 Å². The molecule has 0 unspecified atom stereocenters. The molecule has 0 bridgehead atoms. The van der Waals surface area contributed by atoms with Crippen molar-refractivity contribution in [1.82, 2.24) is 17.9 Å². The third-order valence-electron chi connectivity index (χ3n) is 33.9. The molecule has 0 amide bonds. The zero-order valence-corrected chi connectivity index (χ0v) is 79.0. The largest absolute Gasteiger partial charge is 0.456 e. The second kappa shape index (κ2) is 27.4. The summed E-state index contributed by atoms with van der Waals surface area (Å²) in [6, 6.07) is 162. The third kappa shape index (κ3) is 10.3. The van der Waals surface area contributed by atoms with Crippen molar-refractivity contribution in [3.8, 4) is 89.3 Å². The Kier molecular flexibility index (Phi) is 14.8. The van der Waals surface area contributed by atoms with Crippen LogP contribution in [-0.2, 0) is 10.8 Å². The van der Waals surface area contributed by atoms with Crippen LogP contribution in [0.1, 0.15) is 49.9 Å². The molecule has 0 N–H and O–H groups in total. The minimum absolute atomic E-state index is 0.107. The maximum absolute atomic E-state index is 7.11. The van der Waals surface area contributed by atoms with Crippen LogP contribution < -0.4 is 0 Å². The highest BCUT2D eigenvalue weighted by molar-refractivity contribution is 6.38. The average Bonchev–Trinajstić information content (AvgIpc) is 1.51. The predicted octanol–water partition coefficient (Wildman–Crippen LogP) is 37.8. The van der Waals surface area contributed by atoms with E-state index in [4.69, 9.17) is 8.83 Å². The highest BCUT2D eigenvalue weighted by atomic mass is 16.3. The van der Waals surface area contributed by atoms with Gasteiger partial charge >= 0.3 is 0 Å². The molecule has 0 aliphatic heterocycles. The molecule has 6 heteroatoms. The van der Waals surface area contributed by atoms with E-state index in [1.807, 2.05) is 0 Å². The minimum Gasteiger partial charge on any atom is -0.456 e. The molecule has 2 aliphatic rings. The topological polar surface area (TPSA) is 45.0 Å². The Balaban J connectivity index is 0.528. The molecule has 144 heavy (non-hydrogen) atoms.